The Morgan fingerprint density at radius 2 is 1.88 bits per heavy atom. The Kier molecular flexibility index (Phi) is 2.60. The van der Waals surface area contributed by atoms with Crippen molar-refractivity contribution >= 4 is 5.82 Å². The number of hydrogen-bond acceptors (Lipinski definition) is 2. The van der Waals surface area contributed by atoms with Crippen LogP contribution in [-0.4, -0.2) is 4.98 Å². The summed E-state index contributed by atoms with van der Waals surface area (Å²) in [6.45, 7) is 3.70. The lowest BCUT2D eigenvalue weighted by Gasteiger charge is -2.09. The molecule has 1 heterocycles. The maximum atomic E-state index is 13.2. The molecule has 0 unspecified atom stereocenters. The highest BCUT2D eigenvalue weighted by molar-refractivity contribution is 5.77. The number of nitrogens with zero attached hydrogens (tertiary/aromatic N) is 1. The fourth-order valence-electron chi connectivity index (χ4n) is 1.76. The third-order valence-electron chi connectivity index (χ3n) is 2.64. The Morgan fingerprint density at radius 3 is 2.50 bits per heavy atom. The molecule has 0 atom stereocenters. The van der Waals surface area contributed by atoms with Crippen LogP contribution in [0, 0.1) is 19.7 Å². The van der Waals surface area contributed by atoms with Crippen LogP contribution >= 0.6 is 0 Å². The lowest BCUT2D eigenvalue weighted by atomic mass is 10.00. The summed E-state index contributed by atoms with van der Waals surface area (Å²) in [7, 11) is 0. The molecule has 0 radical (unpaired) electrons. The molecule has 2 N–H and O–H groups in total. The number of rotatable bonds is 1. The van der Waals surface area contributed by atoms with Crippen molar-refractivity contribution in [3.8, 4) is 11.1 Å². The Balaban J connectivity index is 2.63. The Labute approximate surface area is 93.9 Å². The van der Waals surface area contributed by atoms with E-state index < -0.39 is 0 Å². The minimum absolute atomic E-state index is 0.205. The van der Waals surface area contributed by atoms with Crippen LogP contribution in [0.2, 0.25) is 0 Å². The van der Waals surface area contributed by atoms with Crippen LogP contribution in [0.1, 0.15) is 11.1 Å². The van der Waals surface area contributed by atoms with E-state index in [1.54, 1.807) is 25.3 Å². The summed E-state index contributed by atoms with van der Waals surface area (Å²) in [5.74, 6) is 0.273. The normalized spacial score (nSPS) is 10.4. The van der Waals surface area contributed by atoms with Crippen LogP contribution in [0.15, 0.2) is 30.5 Å². The van der Waals surface area contributed by atoms with E-state index in [1.165, 1.54) is 6.07 Å². The van der Waals surface area contributed by atoms with Gasteiger partial charge in [0.1, 0.15) is 11.6 Å². The predicted molar refractivity (Wildman–Crippen MR) is 63.5 cm³/mol. The number of nitrogens with two attached hydrogens (primary N) is 1. The number of anilines is 1. The highest BCUT2D eigenvalue weighted by Crippen LogP contribution is 2.28. The first-order valence-corrected chi connectivity index (χ1v) is 5.07. The van der Waals surface area contributed by atoms with Gasteiger partial charge < -0.3 is 5.73 Å². The van der Waals surface area contributed by atoms with Gasteiger partial charge in [-0.25, -0.2) is 9.37 Å². The van der Waals surface area contributed by atoms with Gasteiger partial charge in [-0.15, -0.1) is 0 Å². The topological polar surface area (TPSA) is 38.9 Å². The van der Waals surface area contributed by atoms with E-state index in [4.69, 9.17) is 5.73 Å². The molecule has 2 nitrogen and oxygen atoms in total. The van der Waals surface area contributed by atoms with Crippen LogP contribution in [0.25, 0.3) is 11.1 Å². The number of pyridine rings is 1. The molecular weight excluding hydrogens is 203 g/mol. The number of halogens is 1. The maximum absolute atomic E-state index is 13.2. The van der Waals surface area contributed by atoms with Gasteiger partial charge in [-0.1, -0.05) is 6.07 Å². The van der Waals surface area contributed by atoms with Crippen molar-refractivity contribution in [2.45, 2.75) is 13.8 Å². The number of nitrogen functional groups attached to an aromatic ring is 1. The van der Waals surface area contributed by atoms with Crippen molar-refractivity contribution in [1.29, 1.82) is 0 Å². The highest BCUT2D eigenvalue weighted by Gasteiger charge is 2.08. The summed E-state index contributed by atoms with van der Waals surface area (Å²) in [6.07, 6.45) is 1.67. The summed E-state index contributed by atoms with van der Waals surface area (Å²) in [5.41, 5.74) is 9.27. The van der Waals surface area contributed by atoms with E-state index in [0.717, 1.165) is 16.7 Å². The van der Waals surface area contributed by atoms with E-state index in [0.29, 0.717) is 11.4 Å². The average molecular weight is 216 g/mol. The monoisotopic (exact) mass is 216 g/mol. The fourth-order valence-corrected chi connectivity index (χ4v) is 1.76. The zero-order valence-electron chi connectivity index (χ0n) is 9.29. The fraction of sp³-hybridized carbons (Fsp3) is 0.154. The van der Waals surface area contributed by atoms with E-state index >= 15 is 0 Å². The van der Waals surface area contributed by atoms with Gasteiger partial charge in [-0.2, -0.15) is 0 Å². The van der Waals surface area contributed by atoms with E-state index in [9.17, 15) is 4.39 Å². The van der Waals surface area contributed by atoms with Crippen LogP contribution in [0.5, 0.6) is 0 Å². The lowest BCUT2D eigenvalue weighted by Crippen LogP contribution is -1.96. The van der Waals surface area contributed by atoms with Gasteiger partial charge in [0.15, 0.2) is 0 Å². The van der Waals surface area contributed by atoms with Gasteiger partial charge >= 0.3 is 0 Å². The minimum atomic E-state index is -0.205. The largest absolute Gasteiger partial charge is 0.383 e. The van der Waals surface area contributed by atoms with Crippen LogP contribution < -0.4 is 5.73 Å². The summed E-state index contributed by atoms with van der Waals surface area (Å²) >= 11 is 0. The second-order valence-corrected chi connectivity index (χ2v) is 3.85. The van der Waals surface area contributed by atoms with E-state index in [1.807, 2.05) is 13.0 Å². The molecule has 0 saturated carbocycles. The molecule has 1 aromatic carbocycles. The molecule has 2 rings (SSSR count). The summed E-state index contributed by atoms with van der Waals surface area (Å²) in [4.78, 5) is 4.05. The molecule has 0 bridgehead atoms. The van der Waals surface area contributed by atoms with Gasteiger partial charge in [0, 0.05) is 11.8 Å². The molecule has 0 amide bonds. The molecular formula is C13H13FN2. The van der Waals surface area contributed by atoms with Crippen molar-refractivity contribution in [3.05, 3.63) is 47.4 Å². The Hall–Kier alpha value is -1.90. The molecule has 0 aliphatic rings. The SMILES string of the molecule is Cc1cc(-c2c(C)ccnc2N)ccc1F. The van der Waals surface area contributed by atoms with Gasteiger partial charge in [0.2, 0.25) is 0 Å². The highest BCUT2D eigenvalue weighted by atomic mass is 19.1. The Morgan fingerprint density at radius 1 is 1.12 bits per heavy atom. The number of benzene rings is 1. The molecule has 16 heavy (non-hydrogen) atoms. The average Bonchev–Trinajstić information content (AvgIpc) is 2.23. The van der Waals surface area contributed by atoms with Crippen LogP contribution in [0.3, 0.4) is 0 Å². The molecule has 0 fully saturated rings. The standard InChI is InChI=1S/C13H13FN2/c1-8-5-6-16-13(15)12(8)10-3-4-11(14)9(2)7-10/h3-7H,1-2H3,(H2,15,16). The van der Waals surface area contributed by atoms with Gasteiger partial charge in [-0.3, -0.25) is 0 Å². The van der Waals surface area contributed by atoms with Crippen LogP contribution in [-0.2, 0) is 0 Å². The Bertz CT molecular complexity index is 515. The van der Waals surface area contributed by atoms with Crippen molar-refractivity contribution in [1.82, 2.24) is 4.98 Å². The quantitative estimate of drug-likeness (QED) is 0.795. The summed E-state index contributed by atoms with van der Waals surface area (Å²) in [6, 6.07) is 6.86. The maximum Gasteiger partial charge on any atom is 0.131 e. The molecule has 1 aromatic heterocycles. The van der Waals surface area contributed by atoms with Crippen molar-refractivity contribution in [2.75, 3.05) is 5.73 Å². The third kappa shape index (κ3) is 1.76. The first-order chi connectivity index (χ1) is 7.59. The molecule has 0 saturated heterocycles. The molecule has 3 heteroatoms. The van der Waals surface area contributed by atoms with Crippen molar-refractivity contribution < 1.29 is 4.39 Å². The third-order valence-corrected chi connectivity index (χ3v) is 2.64. The first kappa shape index (κ1) is 10.6. The van der Waals surface area contributed by atoms with E-state index in [-0.39, 0.29) is 5.82 Å². The second kappa shape index (κ2) is 3.93. The summed E-state index contributed by atoms with van der Waals surface area (Å²) < 4.78 is 13.2. The van der Waals surface area contributed by atoms with Gasteiger partial charge in [0.25, 0.3) is 0 Å². The molecule has 0 spiro atoms. The summed E-state index contributed by atoms with van der Waals surface area (Å²) in [5, 5.41) is 0. The zero-order valence-corrected chi connectivity index (χ0v) is 9.29. The molecule has 0 aliphatic carbocycles. The number of hydrogen-bond donors (Lipinski definition) is 1. The van der Waals surface area contributed by atoms with Gasteiger partial charge in [-0.05, 0) is 48.7 Å². The van der Waals surface area contributed by atoms with Crippen LogP contribution in [0.4, 0.5) is 10.2 Å². The molecule has 82 valence electrons. The first-order valence-electron chi connectivity index (χ1n) is 5.07. The molecule has 2 aromatic rings. The molecule has 0 aliphatic heterocycles. The lowest BCUT2D eigenvalue weighted by molar-refractivity contribution is 0.619. The zero-order chi connectivity index (χ0) is 11.7. The smallest absolute Gasteiger partial charge is 0.131 e. The van der Waals surface area contributed by atoms with Crippen molar-refractivity contribution in [2.24, 2.45) is 0 Å². The number of aryl methyl sites for hydroxylation is 2. The predicted octanol–water partition coefficient (Wildman–Crippen LogP) is 3.09. The minimum Gasteiger partial charge on any atom is -0.383 e. The second-order valence-electron chi connectivity index (χ2n) is 3.85. The van der Waals surface area contributed by atoms with Crippen molar-refractivity contribution in [3.63, 3.8) is 0 Å². The van der Waals surface area contributed by atoms with E-state index in [2.05, 4.69) is 4.98 Å². The van der Waals surface area contributed by atoms with Gasteiger partial charge in [0.05, 0.1) is 0 Å². The number of aromatic nitrogens is 1.